The lowest BCUT2D eigenvalue weighted by Crippen LogP contribution is -2.39. The maximum absolute atomic E-state index is 12.7. The summed E-state index contributed by atoms with van der Waals surface area (Å²) in [5, 5.41) is 0. The van der Waals surface area contributed by atoms with Crippen molar-refractivity contribution < 1.29 is 14.3 Å². The van der Waals surface area contributed by atoms with Crippen molar-refractivity contribution in [3.63, 3.8) is 0 Å². The first-order chi connectivity index (χ1) is 13.6. The molecule has 0 aliphatic carbocycles. The van der Waals surface area contributed by atoms with E-state index in [1.165, 1.54) is 5.56 Å². The average Bonchev–Trinajstić information content (AvgIpc) is 2.77. The monoisotopic (exact) mass is 377 g/mol. The minimum atomic E-state index is -0.0250. The van der Waals surface area contributed by atoms with Crippen LogP contribution in [0.1, 0.15) is 41.3 Å². The molecule has 0 aromatic heterocycles. The van der Waals surface area contributed by atoms with E-state index in [-0.39, 0.29) is 17.6 Å². The number of likely N-dealkylation sites (tertiary alicyclic amines) is 1. The summed E-state index contributed by atoms with van der Waals surface area (Å²) in [5.74, 6) is 0.882. The van der Waals surface area contributed by atoms with Crippen LogP contribution in [0.4, 0.5) is 0 Å². The first-order valence-corrected chi connectivity index (χ1v) is 9.85. The number of piperidine rings is 1. The third-order valence-corrected chi connectivity index (χ3v) is 5.36. The van der Waals surface area contributed by atoms with Gasteiger partial charge in [-0.15, -0.1) is 0 Å². The summed E-state index contributed by atoms with van der Waals surface area (Å²) in [6, 6.07) is 15.5. The van der Waals surface area contributed by atoms with Gasteiger partial charge in [-0.1, -0.05) is 31.2 Å². The molecule has 1 fully saturated rings. The number of Topliss-reactive ketones (excluding diaryl/α,β-unsaturated/α-hetero) is 1. The van der Waals surface area contributed by atoms with Crippen LogP contribution in [-0.2, 0) is 11.2 Å². The number of hydrogen-bond donors (Lipinski definition) is 0. The molecule has 0 N–H and O–H groups in total. The Balaban J connectivity index is 1.52. The number of ether oxygens (including phenoxy) is 1. The summed E-state index contributed by atoms with van der Waals surface area (Å²) in [5.41, 5.74) is 3.02. The van der Waals surface area contributed by atoms with Crippen LogP contribution in [0.3, 0.4) is 0 Å². The van der Waals surface area contributed by atoms with Gasteiger partial charge in [0.15, 0.2) is 5.78 Å². The number of carbonyl (C=O) groups excluding carboxylic acids is 2. The molecule has 4 heteroatoms. The van der Waals surface area contributed by atoms with E-state index in [2.05, 4.69) is 19.1 Å². The second-order valence-electron chi connectivity index (χ2n) is 7.12. The van der Waals surface area contributed by atoms with E-state index in [4.69, 9.17) is 4.74 Å². The Morgan fingerprint density at radius 2 is 1.68 bits per heavy atom. The highest BCUT2D eigenvalue weighted by Gasteiger charge is 2.27. The fourth-order valence-corrected chi connectivity index (χ4v) is 3.49. The van der Waals surface area contributed by atoms with E-state index in [0.717, 1.165) is 17.7 Å². The van der Waals surface area contributed by atoms with Gasteiger partial charge in [0.25, 0.3) is 0 Å². The standard InChI is InChI=1S/C24H27NO3/c1-3-18-4-6-19(7-5-18)8-13-23(26)25-16-14-21(15-17-25)24(27)20-9-11-22(28-2)12-10-20/h4-13,21H,3,14-17H2,1-2H3/b13-8+. The number of nitrogens with zero attached hydrogens (tertiary/aromatic N) is 1. The van der Waals surface area contributed by atoms with Gasteiger partial charge in [0.1, 0.15) is 5.75 Å². The van der Waals surface area contributed by atoms with Crippen molar-refractivity contribution in [3.05, 3.63) is 71.3 Å². The summed E-state index contributed by atoms with van der Waals surface area (Å²) < 4.78 is 5.14. The zero-order valence-electron chi connectivity index (χ0n) is 16.6. The quantitative estimate of drug-likeness (QED) is 0.554. The van der Waals surface area contributed by atoms with Crippen LogP contribution in [0.25, 0.3) is 6.08 Å². The molecular weight excluding hydrogens is 350 g/mol. The highest BCUT2D eigenvalue weighted by Crippen LogP contribution is 2.23. The molecule has 1 aliphatic heterocycles. The predicted molar refractivity (Wildman–Crippen MR) is 111 cm³/mol. The normalized spacial score (nSPS) is 15.0. The molecule has 146 valence electrons. The van der Waals surface area contributed by atoms with Gasteiger partial charge in [-0.3, -0.25) is 9.59 Å². The van der Waals surface area contributed by atoms with Crippen LogP contribution in [0.5, 0.6) is 5.75 Å². The molecule has 0 spiro atoms. The van der Waals surface area contributed by atoms with Gasteiger partial charge >= 0.3 is 0 Å². The second kappa shape index (κ2) is 9.36. The van der Waals surface area contributed by atoms with Gasteiger partial charge < -0.3 is 9.64 Å². The Morgan fingerprint density at radius 3 is 2.25 bits per heavy atom. The minimum absolute atomic E-state index is 0.00918. The lowest BCUT2D eigenvalue weighted by Gasteiger charge is -2.30. The number of carbonyl (C=O) groups is 2. The molecule has 28 heavy (non-hydrogen) atoms. The van der Waals surface area contributed by atoms with Crippen molar-refractivity contribution in [3.8, 4) is 5.75 Å². The largest absolute Gasteiger partial charge is 0.497 e. The van der Waals surface area contributed by atoms with E-state index in [1.54, 1.807) is 13.2 Å². The Kier molecular flexibility index (Phi) is 6.64. The van der Waals surface area contributed by atoms with Gasteiger partial charge in [0.2, 0.25) is 5.91 Å². The number of amides is 1. The topological polar surface area (TPSA) is 46.6 Å². The van der Waals surface area contributed by atoms with E-state index < -0.39 is 0 Å². The number of benzene rings is 2. The molecule has 2 aromatic rings. The average molecular weight is 377 g/mol. The van der Waals surface area contributed by atoms with E-state index in [9.17, 15) is 9.59 Å². The molecule has 1 amide bonds. The Hall–Kier alpha value is -2.88. The molecule has 0 unspecified atom stereocenters. The molecule has 0 atom stereocenters. The van der Waals surface area contributed by atoms with E-state index >= 15 is 0 Å². The van der Waals surface area contributed by atoms with Crippen molar-refractivity contribution >= 4 is 17.8 Å². The molecular formula is C24H27NO3. The van der Waals surface area contributed by atoms with Gasteiger partial charge in [0.05, 0.1) is 7.11 Å². The Bertz CT molecular complexity index is 829. The SMILES string of the molecule is CCc1ccc(/C=C/C(=O)N2CCC(C(=O)c3ccc(OC)cc3)CC2)cc1. The molecule has 4 nitrogen and oxygen atoms in total. The summed E-state index contributed by atoms with van der Waals surface area (Å²) in [4.78, 5) is 27.0. The zero-order valence-corrected chi connectivity index (χ0v) is 16.6. The predicted octanol–water partition coefficient (Wildman–Crippen LogP) is 4.39. The van der Waals surface area contributed by atoms with Crippen molar-refractivity contribution in [2.45, 2.75) is 26.2 Å². The van der Waals surface area contributed by atoms with Crippen LogP contribution in [0, 0.1) is 5.92 Å². The van der Waals surface area contributed by atoms with Crippen LogP contribution in [-0.4, -0.2) is 36.8 Å². The van der Waals surface area contributed by atoms with Crippen LogP contribution >= 0.6 is 0 Å². The molecule has 1 heterocycles. The number of ketones is 1. The lowest BCUT2D eigenvalue weighted by molar-refractivity contribution is -0.127. The minimum Gasteiger partial charge on any atom is -0.497 e. The molecule has 3 rings (SSSR count). The molecule has 0 radical (unpaired) electrons. The third kappa shape index (κ3) is 4.89. The summed E-state index contributed by atoms with van der Waals surface area (Å²) in [7, 11) is 1.61. The fourth-order valence-electron chi connectivity index (χ4n) is 3.49. The van der Waals surface area contributed by atoms with Crippen molar-refractivity contribution in [2.24, 2.45) is 5.92 Å². The fraction of sp³-hybridized carbons (Fsp3) is 0.333. The smallest absolute Gasteiger partial charge is 0.246 e. The number of rotatable bonds is 6. The Morgan fingerprint density at radius 1 is 1.04 bits per heavy atom. The van der Waals surface area contributed by atoms with Gasteiger partial charge in [-0.25, -0.2) is 0 Å². The second-order valence-corrected chi connectivity index (χ2v) is 7.12. The molecule has 2 aromatic carbocycles. The summed E-state index contributed by atoms with van der Waals surface area (Å²) >= 11 is 0. The summed E-state index contributed by atoms with van der Waals surface area (Å²) in [6.45, 7) is 3.35. The summed E-state index contributed by atoms with van der Waals surface area (Å²) in [6.07, 6.45) is 5.90. The van der Waals surface area contributed by atoms with E-state index in [1.807, 2.05) is 47.4 Å². The Labute approximate surface area is 166 Å². The molecule has 1 aliphatic rings. The number of methoxy groups -OCH3 is 1. The third-order valence-electron chi connectivity index (χ3n) is 5.36. The van der Waals surface area contributed by atoms with Crippen molar-refractivity contribution in [1.82, 2.24) is 4.90 Å². The van der Waals surface area contributed by atoms with Gasteiger partial charge in [-0.05, 0) is 60.7 Å². The van der Waals surface area contributed by atoms with Gasteiger partial charge in [-0.2, -0.15) is 0 Å². The van der Waals surface area contributed by atoms with Crippen LogP contribution in [0.15, 0.2) is 54.6 Å². The molecule has 0 bridgehead atoms. The first-order valence-electron chi connectivity index (χ1n) is 9.85. The van der Waals surface area contributed by atoms with Crippen molar-refractivity contribution in [1.29, 1.82) is 0 Å². The number of hydrogen-bond acceptors (Lipinski definition) is 3. The maximum atomic E-state index is 12.7. The molecule has 1 saturated heterocycles. The lowest BCUT2D eigenvalue weighted by atomic mass is 9.89. The van der Waals surface area contributed by atoms with E-state index in [0.29, 0.717) is 31.5 Å². The first kappa shape index (κ1) is 19.9. The highest BCUT2D eigenvalue weighted by atomic mass is 16.5. The van der Waals surface area contributed by atoms with Crippen LogP contribution < -0.4 is 4.74 Å². The zero-order chi connectivity index (χ0) is 19.9. The maximum Gasteiger partial charge on any atom is 0.246 e. The van der Waals surface area contributed by atoms with Gasteiger partial charge in [0, 0.05) is 30.6 Å². The highest BCUT2D eigenvalue weighted by molar-refractivity contribution is 5.98. The van der Waals surface area contributed by atoms with Crippen LogP contribution in [0.2, 0.25) is 0 Å². The van der Waals surface area contributed by atoms with Crippen molar-refractivity contribution in [2.75, 3.05) is 20.2 Å². The molecule has 0 saturated carbocycles. The number of aryl methyl sites for hydroxylation is 1.